The SMILES string of the molecule is CCCCCNC(=O)c1ccc(OC)c(S(=O)(=O)NCc2ccccc2)c1. The first-order chi connectivity index (χ1) is 13.0. The van der Waals surface area contributed by atoms with Crippen molar-refractivity contribution in [2.45, 2.75) is 37.6 Å². The van der Waals surface area contributed by atoms with Gasteiger partial charge in [-0.1, -0.05) is 50.1 Å². The maximum absolute atomic E-state index is 12.7. The van der Waals surface area contributed by atoms with Crippen molar-refractivity contribution in [2.24, 2.45) is 0 Å². The lowest BCUT2D eigenvalue weighted by Gasteiger charge is -2.13. The average Bonchev–Trinajstić information content (AvgIpc) is 2.70. The molecule has 2 aromatic carbocycles. The fraction of sp³-hybridized carbons (Fsp3) is 0.350. The maximum atomic E-state index is 12.7. The molecule has 6 nitrogen and oxygen atoms in total. The van der Waals surface area contributed by atoms with Crippen LogP contribution in [-0.4, -0.2) is 28.0 Å². The molecule has 0 fully saturated rings. The van der Waals surface area contributed by atoms with E-state index in [0.717, 1.165) is 24.8 Å². The van der Waals surface area contributed by atoms with E-state index in [4.69, 9.17) is 4.74 Å². The smallest absolute Gasteiger partial charge is 0.251 e. The summed E-state index contributed by atoms with van der Waals surface area (Å²) in [4.78, 5) is 12.2. The predicted molar refractivity (Wildman–Crippen MR) is 105 cm³/mol. The van der Waals surface area contributed by atoms with Gasteiger partial charge in [0.2, 0.25) is 10.0 Å². The lowest BCUT2D eigenvalue weighted by Crippen LogP contribution is -2.26. The van der Waals surface area contributed by atoms with Crippen molar-refractivity contribution in [2.75, 3.05) is 13.7 Å². The first-order valence-electron chi connectivity index (χ1n) is 8.97. The van der Waals surface area contributed by atoms with Gasteiger partial charge in [-0.2, -0.15) is 0 Å². The Morgan fingerprint density at radius 2 is 1.81 bits per heavy atom. The average molecular weight is 391 g/mol. The van der Waals surface area contributed by atoms with E-state index < -0.39 is 10.0 Å². The minimum atomic E-state index is -3.84. The fourth-order valence-corrected chi connectivity index (χ4v) is 3.77. The predicted octanol–water partition coefficient (Wildman–Crippen LogP) is 3.09. The molecular formula is C20H26N2O4S. The largest absolute Gasteiger partial charge is 0.495 e. The van der Waals surface area contributed by atoms with Crippen molar-refractivity contribution in [3.8, 4) is 5.75 Å². The summed E-state index contributed by atoms with van der Waals surface area (Å²) in [6.45, 7) is 2.80. The Balaban J connectivity index is 2.16. The summed E-state index contributed by atoms with van der Waals surface area (Å²) >= 11 is 0. The monoisotopic (exact) mass is 390 g/mol. The molecule has 2 N–H and O–H groups in total. The van der Waals surface area contributed by atoms with Gasteiger partial charge in [-0.15, -0.1) is 0 Å². The summed E-state index contributed by atoms with van der Waals surface area (Å²) in [5.74, 6) is -0.105. The number of unbranched alkanes of at least 4 members (excludes halogenated alkanes) is 2. The van der Waals surface area contributed by atoms with Crippen molar-refractivity contribution < 1.29 is 17.9 Å². The molecule has 0 saturated carbocycles. The maximum Gasteiger partial charge on any atom is 0.251 e. The van der Waals surface area contributed by atoms with Gasteiger partial charge in [-0.3, -0.25) is 4.79 Å². The Morgan fingerprint density at radius 3 is 2.48 bits per heavy atom. The molecule has 0 heterocycles. The van der Waals surface area contributed by atoms with Gasteiger partial charge in [0.15, 0.2) is 0 Å². The lowest BCUT2D eigenvalue weighted by atomic mass is 10.2. The molecule has 2 rings (SSSR count). The van der Waals surface area contributed by atoms with E-state index in [1.165, 1.54) is 19.2 Å². The Kier molecular flexibility index (Phi) is 7.82. The minimum absolute atomic E-state index is 0.0536. The Labute approximate surface area is 161 Å². The minimum Gasteiger partial charge on any atom is -0.495 e. The molecule has 146 valence electrons. The summed E-state index contributed by atoms with van der Waals surface area (Å²) in [5, 5.41) is 2.81. The molecule has 7 heteroatoms. The molecule has 0 unspecified atom stereocenters. The third-order valence-corrected chi connectivity index (χ3v) is 5.51. The number of hydrogen-bond acceptors (Lipinski definition) is 4. The fourth-order valence-electron chi connectivity index (χ4n) is 2.56. The van der Waals surface area contributed by atoms with Gasteiger partial charge >= 0.3 is 0 Å². The number of methoxy groups -OCH3 is 1. The van der Waals surface area contributed by atoms with Crippen LogP contribution in [0.5, 0.6) is 5.75 Å². The van der Waals surface area contributed by atoms with Crippen LogP contribution in [0.15, 0.2) is 53.4 Å². The molecule has 0 aliphatic carbocycles. The van der Waals surface area contributed by atoms with Crippen molar-refractivity contribution in [3.05, 3.63) is 59.7 Å². The molecule has 0 spiro atoms. The van der Waals surface area contributed by atoms with E-state index in [1.54, 1.807) is 6.07 Å². The highest BCUT2D eigenvalue weighted by Gasteiger charge is 2.21. The number of carbonyl (C=O) groups excluding carboxylic acids is 1. The lowest BCUT2D eigenvalue weighted by molar-refractivity contribution is 0.0952. The van der Waals surface area contributed by atoms with Crippen LogP contribution in [0.4, 0.5) is 0 Å². The number of rotatable bonds is 10. The van der Waals surface area contributed by atoms with Crippen LogP contribution in [0.25, 0.3) is 0 Å². The molecule has 0 aliphatic heterocycles. The van der Waals surface area contributed by atoms with Crippen LogP contribution in [0, 0.1) is 0 Å². The molecule has 0 bridgehead atoms. The van der Waals surface area contributed by atoms with Gasteiger partial charge in [-0.25, -0.2) is 13.1 Å². The van der Waals surface area contributed by atoms with Gasteiger partial charge in [0.25, 0.3) is 5.91 Å². The van der Waals surface area contributed by atoms with E-state index in [1.807, 2.05) is 30.3 Å². The number of carbonyl (C=O) groups is 1. The highest BCUT2D eigenvalue weighted by atomic mass is 32.2. The number of benzene rings is 2. The first kappa shape index (κ1) is 20.9. The van der Waals surface area contributed by atoms with Crippen molar-refractivity contribution in [1.29, 1.82) is 0 Å². The highest BCUT2D eigenvalue weighted by Crippen LogP contribution is 2.25. The molecule has 0 aromatic heterocycles. The zero-order valence-electron chi connectivity index (χ0n) is 15.7. The number of ether oxygens (including phenoxy) is 1. The third kappa shape index (κ3) is 6.08. The molecule has 1 amide bonds. The zero-order chi connectivity index (χ0) is 19.7. The second-order valence-corrected chi connectivity index (χ2v) is 7.87. The summed E-state index contributed by atoms with van der Waals surface area (Å²) < 4.78 is 33.2. The molecule has 2 aromatic rings. The van der Waals surface area contributed by atoms with Crippen LogP contribution < -0.4 is 14.8 Å². The molecular weight excluding hydrogens is 364 g/mol. The molecule has 0 aliphatic rings. The zero-order valence-corrected chi connectivity index (χ0v) is 16.5. The Hall–Kier alpha value is -2.38. The second-order valence-electron chi connectivity index (χ2n) is 6.14. The van der Waals surface area contributed by atoms with Gasteiger partial charge in [0, 0.05) is 18.7 Å². The van der Waals surface area contributed by atoms with E-state index in [0.29, 0.717) is 6.54 Å². The number of nitrogens with one attached hydrogen (secondary N) is 2. The van der Waals surface area contributed by atoms with Crippen molar-refractivity contribution in [1.82, 2.24) is 10.0 Å². The molecule has 0 radical (unpaired) electrons. The van der Waals surface area contributed by atoms with E-state index in [9.17, 15) is 13.2 Å². The topological polar surface area (TPSA) is 84.5 Å². The van der Waals surface area contributed by atoms with E-state index in [2.05, 4.69) is 17.0 Å². The third-order valence-electron chi connectivity index (χ3n) is 4.09. The van der Waals surface area contributed by atoms with Crippen LogP contribution >= 0.6 is 0 Å². The number of amides is 1. The summed E-state index contributed by atoms with van der Waals surface area (Å²) in [6, 6.07) is 13.6. The molecule has 27 heavy (non-hydrogen) atoms. The van der Waals surface area contributed by atoms with E-state index >= 15 is 0 Å². The van der Waals surface area contributed by atoms with Crippen LogP contribution in [0.3, 0.4) is 0 Å². The Morgan fingerprint density at radius 1 is 1.07 bits per heavy atom. The second kappa shape index (κ2) is 10.1. The van der Waals surface area contributed by atoms with Crippen LogP contribution in [0.1, 0.15) is 42.1 Å². The summed E-state index contributed by atoms with van der Waals surface area (Å²) in [7, 11) is -2.44. The van der Waals surface area contributed by atoms with E-state index in [-0.39, 0.29) is 28.7 Å². The number of hydrogen-bond donors (Lipinski definition) is 2. The van der Waals surface area contributed by atoms with Crippen LogP contribution in [-0.2, 0) is 16.6 Å². The summed E-state index contributed by atoms with van der Waals surface area (Å²) in [6.07, 6.45) is 2.99. The standard InChI is InChI=1S/C20H26N2O4S/c1-3-4-8-13-21-20(23)17-11-12-18(26-2)19(14-17)27(24,25)22-15-16-9-6-5-7-10-16/h5-7,9-12,14,22H,3-4,8,13,15H2,1-2H3,(H,21,23). The van der Waals surface area contributed by atoms with Crippen molar-refractivity contribution in [3.63, 3.8) is 0 Å². The Bertz CT molecular complexity index is 852. The first-order valence-corrected chi connectivity index (χ1v) is 10.5. The molecule has 0 saturated heterocycles. The van der Waals surface area contributed by atoms with Gasteiger partial charge in [0.05, 0.1) is 7.11 Å². The number of sulfonamides is 1. The normalized spacial score (nSPS) is 11.2. The highest BCUT2D eigenvalue weighted by molar-refractivity contribution is 7.89. The van der Waals surface area contributed by atoms with Gasteiger partial charge < -0.3 is 10.1 Å². The van der Waals surface area contributed by atoms with Crippen molar-refractivity contribution >= 4 is 15.9 Å². The van der Waals surface area contributed by atoms with Gasteiger partial charge in [-0.05, 0) is 30.2 Å². The quantitative estimate of drug-likeness (QED) is 0.611. The summed E-state index contributed by atoms with van der Waals surface area (Å²) in [5.41, 5.74) is 1.12. The van der Waals surface area contributed by atoms with Gasteiger partial charge in [0.1, 0.15) is 10.6 Å². The molecule has 0 atom stereocenters. The van der Waals surface area contributed by atoms with Crippen LogP contribution in [0.2, 0.25) is 0 Å².